The molecule has 1 atom stereocenters. The number of fused-ring (bicyclic) bond motifs is 1. The van der Waals surface area contributed by atoms with E-state index in [9.17, 15) is 0 Å². The van der Waals surface area contributed by atoms with E-state index in [-0.39, 0.29) is 0 Å². The van der Waals surface area contributed by atoms with Gasteiger partial charge in [0.05, 0.1) is 4.83 Å². The highest BCUT2D eigenvalue weighted by molar-refractivity contribution is 9.09. The fourth-order valence-corrected chi connectivity index (χ4v) is 4.00. The fourth-order valence-electron chi connectivity index (χ4n) is 2.51. The Bertz CT molecular complexity index is 502. The molecule has 1 aliphatic carbocycles. The molecule has 3 rings (SSSR count). The maximum absolute atomic E-state index is 3.81. The fraction of sp³-hybridized carbons (Fsp3) is 0.333. The predicted octanol–water partition coefficient (Wildman–Crippen LogP) is 5.11. The standard InChI is InChI=1S/C15H15BrS/c16-15(14-6-3-9-17-14)13-8-7-11-4-1-2-5-12(11)10-13/h3,6-10,15H,1-2,4-5H2. The van der Waals surface area contributed by atoms with Gasteiger partial charge >= 0.3 is 0 Å². The Kier molecular flexibility index (Phi) is 3.34. The van der Waals surface area contributed by atoms with Gasteiger partial charge in [0.25, 0.3) is 0 Å². The highest BCUT2D eigenvalue weighted by Crippen LogP contribution is 2.35. The molecule has 0 nitrogen and oxygen atoms in total. The van der Waals surface area contributed by atoms with Crippen molar-refractivity contribution in [2.75, 3.05) is 0 Å². The summed E-state index contributed by atoms with van der Waals surface area (Å²) in [6.07, 6.45) is 5.23. The summed E-state index contributed by atoms with van der Waals surface area (Å²) in [5.74, 6) is 0. The summed E-state index contributed by atoms with van der Waals surface area (Å²) in [6.45, 7) is 0. The highest BCUT2D eigenvalue weighted by Gasteiger charge is 2.15. The Morgan fingerprint density at radius 2 is 1.88 bits per heavy atom. The first-order valence-corrected chi connectivity index (χ1v) is 7.93. The summed E-state index contributed by atoms with van der Waals surface area (Å²) in [5.41, 5.74) is 4.52. The molecule has 0 aliphatic heterocycles. The van der Waals surface area contributed by atoms with Crippen molar-refractivity contribution in [3.63, 3.8) is 0 Å². The highest BCUT2D eigenvalue weighted by atomic mass is 79.9. The number of benzene rings is 1. The summed E-state index contributed by atoms with van der Waals surface area (Å²) in [5, 5.41) is 2.14. The van der Waals surface area contributed by atoms with Gasteiger partial charge in [-0.05, 0) is 53.8 Å². The van der Waals surface area contributed by atoms with Crippen LogP contribution in [0.15, 0.2) is 35.7 Å². The van der Waals surface area contributed by atoms with Crippen molar-refractivity contribution in [3.8, 4) is 0 Å². The molecule has 0 N–H and O–H groups in total. The molecule has 1 aromatic carbocycles. The van der Waals surface area contributed by atoms with Crippen LogP contribution in [0.4, 0.5) is 0 Å². The van der Waals surface area contributed by atoms with Crippen LogP contribution in [0.25, 0.3) is 0 Å². The average molecular weight is 307 g/mol. The van der Waals surface area contributed by atoms with Crippen LogP contribution in [0.5, 0.6) is 0 Å². The van der Waals surface area contributed by atoms with Crippen LogP contribution in [0, 0.1) is 0 Å². The molecule has 0 saturated carbocycles. The molecule has 88 valence electrons. The van der Waals surface area contributed by atoms with Crippen molar-refractivity contribution in [1.82, 2.24) is 0 Å². The van der Waals surface area contributed by atoms with Gasteiger partial charge in [0.1, 0.15) is 0 Å². The van der Waals surface area contributed by atoms with Gasteiger partial charge in [-0.3, -0.25) is 0 Å². The lowest BCUT2D eigenvalue weighted by atomic mass is 9.90. The third kappa shape index (κ3) is 2.34. The van der Waals surface area contributed by atoms with Crippen molar-refractivity contribution < 1.29 is 0 Å². The number of rotatable bonds is 2. The van der Waals surface area contributed by atoms with Crippen molar-refractivity contribution in [2.24, 2.45) is 0 Å². The first-order valence-electron chi connectivity index (χ1n) is 6.14. The number of hydrogen-bond donors (Lipinski definition) is 0. The van der Waals surface area contributed by atoms with E-state index in [0.29, 0.717) is 4.83 Å². The van der Waals surface area contributed by atoms with Crippen LogP contribution in [0.3, 0.4) is 0 Å². The normalized spacial score (nSPS) is 16.5. The summed E-state index contributed by atoms with van der Waals surface area (Å²) in [4.78, 5) is 1.75. The van der Waals surface area contributed by atoms with E-state index in [1.807, 2.05) is 11.3 Å². The van der Waals surface area contributed by atoms with Crippen LogP contribution >= 0.6 is 27.3 Å². The Labute approximate surface area is 115 Å². The zero-order valence-corrected chi connectivity index (χ0v) is 12.1. The van der Waals surface area contributed by atoms with Crippen LogP contribution < -0.4 is 0 Å². The molecule has 1 aromatic heterocycles. The zero-order chi connectivity index (χ0) is 11.7. The first kappa shape index (κ1) is 11.5. The SMILES string of the molecule is BrC(c1ccc2c(c1)CCCC2)c1cccs1. The van der Waals surface area contributed by atoms with Gasteiger partial charge in [-0.1, -0.05) is 40.2 Å². The molecule has 0 radical (unpaired) electrons. The second-order valence-corrected chi connectivity index (χ2v) is 6.51. The minimum absolute atomic E-state index is 0.356. The van der Waals surface area contributed by atoms with Crippen molar-refractivity contribution >= 4 is 27.3 Å². The number of thiophene rings is 1. The summed E-state index contributed by atoms with van der Waals surface area (Å²) < 4.78 is 0. The lowest BCUT2D eigenvalue weighted by molar-refractivity contribution is 0.684. The second-order valence-electron chi connectivity index (χ2n) is 4.61. The number of halogens is 1. The third-order valence-electron chi connectivity index (χ3n) is 3.46. The minimum atomic E-state index is 0.356. The summed E-state index contributed by atoms with van der Waals surface area (Å²) in [7, 11) is 0. The smallest absolute Gasteiger partial charge is 0.0738 e. The lowest BCUT2D eigenvalue weighted by Gasteiger charge is -2.18. The molecule has 0 bridgehead atoms. The second kappa shape index (κ2) is 4.95. The molecule has 17 heavy (non-hydrogen) atoms. The monoisotopic (exact) mass is 306 g/mol. The van der Waals surface area contributed by atoms with E-state index in [1.54, 1.807) is 11.1 Å². The molecule has 0 saturated heterocycles. The van der Waals surface area contributed by atoms with E-state index < -0.39 is 0 Å². The maximum Gasteiger partial charge on any atom is 0.0738 e. The molecule has 0 amide bonds. The topological polar surface area (TPSA) is 0 Å². The van der Waals surface area contributed by atoms with Gasteiger partial charge in [-0.2, -0.15) is 0 Å². The van der Waals surface area contributed by atoms with Crippen molar-refractivity contribution in [1.29, 1.82) is 0 Å². The maximum atomic E-state index is 3.81. The molecular formula is C15H15BrS. The zero-order valence-electron chi connectivity index (χ0n) is 9.66. The van der Waals surface area contributed by atoms with E-state index in [0.717, 1.165) is 0 Å². The van der Waals surface area contributed by atoms with Crippen LogP contribution in [-0.4, -0.2) is 0 Å². The van der Waals surface area contributed by atoms with Gasteiger partial charge in [0.15, 0.2) is 0 Å². The predicted molar refractivity (Wildman–Crippen MR) is 78.2 cm³/mol. The van der Waals surface area contributed by atoms with Crippen LogP contribution in [-0.2, 0) is 12.8 Å². The average Bonchev–Trinajstić information content (AvgIpc) is 2.91. The quantitative estimate of drug-likeness (QED) is 0.676. The first-order chi connectivity index (χ1) is 8.34. The van der Waals surface area contributed by atoms with Crippen molar-refractivity contribution in [3.05, 3.63) is 57.3 Å². The van der Waals surface area contributed by atoms with E-state index in [2.05, 4.69) is 51.6 Å². The molecule has 0 fully saturated rings. The Morgan fingerprint density at radius 3 is 2.65 bits per heavy atom. The van der Waals surface area contributed by atoms with E-state index in [4.69, 9.17) is 0 Å². The number of alkyl halides is 1. The van der Waals surface area contributed by atoms with E-state index >= 15 is 0 Å². The Hall–Kier alpha value is -0.600. The summed E-state index contributed by atoms with van der Waals surface area (Å²) in [6, 6.07) is 11.3. The molecule has 0 spiro atoms. The van der Waals surface area contributed by atoms with Gasteiger partial charge in [-0.25, -0.2) is 0 Å². The Morgan fingerprint density at radius 1 is 1.06 bits per heavy atom. The van der Waals surface area contributed by atoms with Crippen LogP contribution in [0.2, 0.25) is 0 Å². The molecule has 2 aromatic rings. The van der Waals surface area contributed by atoms with Crippen LogP contribution in [0.1, 0.15) is 39.2 Å². The van der Waals surface area contributed by atoms with Gasteiger partial charge in [0.2, 0.25) is 0 Å². The largest absolute Gasteiger partial charge is 0.147 e. The van der Waals surface area contributed by atoms with Gasteiger partial charge < -0.3 is 0 Å². The molecule has 1 heterocycles. The molecule has 1 aliphatic rings. The van der Waals surface area contributed by atoms with Crippen molar-refractivity contribution in [2.45, 2.75) is 30.5 Å². The van der Waals surface area contributed by atoms with Gasteiger partial charge in [0, 0.05) is 4.88 Å². The minimum Gasteiger partial charge on any atom is -0.147 e. The summed E-state index contributed by atoms with van der Waals surface area (Å²) >= 11 is 5.63. The number of hydrogen-bond acceptors (Lipinski definition) is 1. The molecule has 1 unspecified atom stereocenters. The Balaban J connectivity index is 1.93. The van der Waals surface area contributed by atoms with Gasteiger partial charge in [-0.15, -0.1) is 11.3 Å². The lowest BCUT2D eigenvalue weighted by Crippen LogP contribution is -2.03. The molecule has 2 heteroatoms. The number of aryl methyl sites for hydroxylation is 2. The van der Waals surface area contributed by atoms with E-state index in [1.165, 1.54) is 36.1 Å². The third-order valence-corrected chi connectivity index (χ3v) is 5.72. The molecular weight excluding hydrogens is 292 g/mol.